The highest BCUT2D eigenvalue weighted by atomic mass is 32.2. The SMILES string of the molecule is CNSc1ccc(F)c(Nc2ncnc3[nH]ccc23)c1. The summed E-state index contributed by atoms with van der Waals surface area (Å²) in [6.07, 6.45) is 3.21. The third kappa shape index (κ3) is 2.45. The predicted octanol–water partition coefficient (Wildman–Crippen LogP) is 3.07. The largest absolute Gasteiger partial charge is 0.346 e. The average molecular weight is 289 g/mol. The second kappa shape index (κ2) is 5.48. The number of halogens is 1. The van der Waals surface area contributed by atoms with Crippen LogP contribution < -0.4 is 10.0 Å². The molecule has 0 unspecified atom stereocenters. The maximum atomic E-state index is 13.9. The lowest BCUT2D eigenvalue weighted by Crippen LogP contribution is -1.98. The van der Waals surface area contributed by atoms with Crippen molar-refractivity contribution in [2.45, 2.75) is 4.90 Å². The van der Waals surface area contributed by atoms with Crippen LogP contribution in [-0.2, 0) is 0 Å². The van der Waals surface area contributed by atoms with Gasteiger partial charge in [-0.05, 0) is 43.3 Å². The Kier molecular flexibility index (Phi) is 3.53. The zero-order valence-electron chi connectivity index (χ0n) is 10.6. The van der Waals surface area contributed by atoms with Gasteiger partial charge in [0.05, 0.1) is 11.1 Å². The first-order valence-corrected chi connectivity index (χ1v) is 6.78. The number of nitrogens with zero attached hydrogens (tertiary/aromatic N) is 2. The first-order chi connectivity index (χ1) is 9.78. The lowest BCUT2D eigenvalue weighted by molar-refractivity contribution is 0.630. The average Bonchev–Trinajstić information content (AvgIpc) is 2.92. The van der Waals surface area contributed by atoms with Crippen LogP contribution in [0.2, 0.25) is 0 Å². The van der Waals surface area contributed by atoms with E-state index in [4.69, 9.17) is 0 Å². The molecule has 0 saturated heterocycles. The van der Waals surface area contributed by atoms with Gasteiger partial charge < -0.3 is 10.3 Å². The number of hydrogen-bond acceptors (Lipinski definition) is 5. The minimum atomic E-state index is -0.326. The summed E-state index contributed by atoms with van der Waals surface area (Å²) < 4.78 is 16.8. The number of benzene rings is 1. The molecule has 0 spiro atoms. The molecule has 102 valence electrons. The first kappa shape index (κ1) is 12.9. The van der Waals surface area contributed by atoms with Crippen LogP contribution in [0.1, 0.15) is 0 Å². The number of nitrogens with one attached hydrogen (secondary N) is 3. The Morgan fingerprint density at radius 2 is 2.15 bits per heavy atom. The second-order valence-electron chi connectivity index (χ2n) is 4.04. The van der Waals surface area contributed by atoms with Crippen molar-refractivity contribution in [3.8, 4) is 0 Å². The summed E-state index contributed by atoms with van der Waals surface area (Å²) in [5, 5.41) is 3.83. The maximum absolute atomic E-state index is 13.9. The first-order valence-electron chi connectivity index (χ1n) is 5.96. The van der Waals surface area contributed by atoms with Gasteiger partial charge in [0.1, 0.15) is 23.6 Å². The molecule has 0 atom stereocenters. The number of anilines is 2. The fourth-order valence-corrected chi connectivity index (χ4v) is 2.43. The Morgan fingerprint density at radius 1 is 1.25 bits per heavy atom. The van der Waals surface area contributed by atoms with Gasteiger partial charge >= 0.3 is 0 Å². The van der Waals surface area contributed by atoms with Crippen molar-refractivity contribution >= 4 is 34.5 Å². The minimum absolute atomic E-state index is 0.326. The van der Waals surface area contributed by atoms with Gasteiger partial charge in [0.2, 0.25) is 0 Å². The maximum Gasteiger partial charge on any atom is 0.146 e. The van der Waals surface area contributed by atoms with Crippen LogP contribution in [0.15, 0.2) is 41.7 Å². The van der Waals surface area contributed by atoms with E-state index in [-0.39, 0.29) is 5.82 Å². The van der Waals surface area contributed by atoms with Crippen LogP contribution >= 0.6 is 11.9 Å². The molecule has 0 fully saturated rings. The van der Waals surface area contributed by atoms with E-state index in [0.717, 1.165) is 10.3 Å². The zero-order chi connectivity index (χ0) is 13.9. The smallest absolute Gasteiger partial charge is 0.146 e. The van der Waals surface area contributed by atoms with Crippen molar-refractivity contribution < 1.29 is 4.39 Å². The highest BCUT2D eigenvalue weighted by Gasteiger charge is 2.08. The summed E-state index contributed by atoms with van der Waals surface area (Å²) in [5.74, 6) is 0.245. The third-order valence-corrected chi connectivity index (χ3v) is 3.46. The van der Waals surface area contributed by atoms with E-state index in [1.54, 1.807) is 18.3 Å². The summed E-state index contributed by atoms with van der Waals surface area (Å²) in [4.78, 5) is 12.2. The summed E-state index contributed by atoms with van der Waals surface area (Å²) in [5.41, 5.74) is 1.09. The molecular weight excluding hydrogens is 277 g/mol. The Hall–Kier alpha value is -2.12. The van der Waals surface area contributed by atoms with Crippen molar-refractivity contribution in [1.29, 1.82) is 0 Å². The lowest BCUT2D eigenvalue weighted by Gasteiger charge is -2.09. The number of rotatable bonds is 4. The number of fused-ring (bicyclic) bond motifs is 1. The van der Waals surface area contributed by atoms with Gasteiger partial charge in [0.25, 0.3) is 0 Å². The fourth-order valence-electron chi connectivity index (χ4n) is 1.88. The normalized spacial score (nSPS) is 10.9. The van der Waals surface area contributed by atoms with Crippen LogP contribution in [-0.4, -0.2) is 22.0 Å². The Morgan fingerprint density at radius 3 is 3.00 bits per heavy atom. The van der Waals surface area contributed by atoms with Crippen LogP contribution in [0, 0.1) is 5.82 Å². The van der Waals surface area contributed by atoms with Crippen LogP contribution in [0.3, 0.4) is 0 Å². The van der Waals surface area contributed by atoms with Crippen molar-refractivity contribution in [1.82, 2.24) is 19.7 Å². The minimum Gasteiger partial charge on any atom is -0.346 e. The van der Waals surface area contributed by atoms with E-state index in [1.165, 1.54) is 24.3 Å². The zero-order valence-corrected chi connectivity index (χ0v) is 11.5. The standard InChI is InChI=1S/C13H12FN5S/c1-15-20-8-2-3-10(14)11(6-8)19-13-9-4-5-16-12(9)17-7-18-13/h2-7,15H,1H3,(H2,16,17,18,19). The summed E-state index contributed by atoms with van der Waals surface area (Å²) in [6.45, 7) is 0. The third-order valence-electron chi connectivity index (χ3n) is 2.76. The Bertz CT molecular complexity index is 742. The van der Waals surface area contributed by atoms with Crippen molar-refractivity contribution in [3.05, 3.63) is 42.6 Å². The molecule has 20 heavy (non-hydrogen) atoms. The molecule has 0 aliphatic rings. The molecule has 0 aliphatic heterocycles. The fraction of sp³-hybridized carbons (Fsp3) is 0.0769. The van der Waals surface area contributed by atoms with Gasteiger partial charge in [0, 0.05) is 11.1 Å². The van der Waals surface area contributed by atoms with Gasteiger partial charge in [0.15, 0.2) is 0 Å². The summed E-state index contributed by atoms with van der Waals surface area (Å²) in [6, 6.07) is 6.73. The van der Waals surface area contributed by atoms with E-state index in [0.29, 0.717) is 17.2 Å². The van der Waals surface area contributed by atoms with E-state index < -0.39 is 0 Å². The molecule has 5 nitrogen and oxygen atoms in total. The van der Waals surface area contributed by atoms with E-state index in [9.17, 15) is 4.39 Å². The molecule has 3 aromatic rings. The predicted molar refractivity (Wildman–Crippen MR) is 78.5 cm³/mol. The molecule has 1 aromatic carbocycles. The molecule has 0 aliphatic carbocycles. The molecule has 0 radical (unpaired) electrons. The number of H-pyrrole nitrogens is 1. The van der Waals surface area contributed by atoms with Gasteiger partial charge in [-0.1, -0.05) is 0 Å². The van der Waals surface area contributed by atoms with E-state index in [2.05, 4.69) is 25.0 Å². The van der Waals surface area contributed by atoms with Crippen molar-refractivity contribution in [2.75, 3.05) is 12.4 Å². The molecule has 3 N–H and O–H groups in total. The van der Waals surface area contributed by atoms with Crippen molar-refractivity contribution in [2.24, 2.45) is 0 Å². The lowest BCUT2D eigenvalue weighted by atomic mass is 10.3. The summed E-state index contributed by atoms with van der Waals surface area (Å²) >= 11 is 1.42. The Labute approximate surface area is 119 Å². The molecule has 2 heterocycles. The molecule has 2 aromatic heterocycles. The van der Waals surface area contributed by atoms with E-state index >= 15 is 0 Å². The molecule has 0 amide bonds. The van der Waals surface area contributed by atoms with Gasteiger partial charge in [-0.2, -0.15) is 0 Å². The van der Waals surface area contributed by atoms with Gasteiger partial charge in [-0.25, -0.2) is 14.4 Å². The van der Waals surface area contributed by atoms with Gasteiger partial charge in [-0.3, -0.25) is 4.72 Å². The molecule has 0 bridgehead atoms. The number of aromatic amines is 1. The topological polar surface area (TPSA) is 65.6 Å². The Balaban J connectivity index is 1.98. The van der Waals surface area contributed by atoms with Crippen LogP contribution in [0.5, 0.6) is 0 Å². The highest BCUT2D eigenvalue weighted by molar-refractivity contribution is 7.97. The number of hydrogen-bond donors (Lipinski definition) is 3. The molecule has 7 heteroatoms. The second-order valence-corrected chi connectivity index (χ2v) is 5.12. The molecule has 0 saturated carbocycles. The number of aromatic nitrogens is 3. The molecular formula is C13H12FN5S. The quantitative estimate of drug-likeness (QED) is 0.644. The van der Waals surface area contributed by atoms with Gasteiger partial charge in [-0.15, -0.1) is 0 Å². The van der Waals surface area contributed by atoms with Crippen LogP contribution in [0.4, 0.5) is 15.9 Å². The van der Waals surface area contributed by atoms with E-state index in [1.807, 2.05) is 13.1 Å². The van der Waals surface area contributed by atoms with Crippen LogP contribution in [0.25, 0.3) is 11.0 Å². The van der Waals surface area contributed by atoms with Crippen molar-refractivity contribution in [3.63, 3.8) is 0 Å². The molecule has 3 rings (SSSR count). The highest BCUT2D eigenvalue weighted by Crippen LogP contribution is 2.27. The monoisotopic (exact) mass is 289 g/mol. The summed E-state index contributed by atoms with van der Waals surface area (Å²) in [7, 11) is 1.81.